The van der Waals surface area contributed by atoms with Crippen molar-refractivity contribution in [3.63, 3.8) is 0 Å². The van der Waals surface area contributed by atoms with Crippen molar-refractivity contribution >= 4 is 9.53 Å². The molecule has 1 rings (SSSR count). The maximum Gasteiger partial charge on any atom is 0.484 e. The minimum Gasteiger partial charge on any atom is -0.376 e. The summed E-state index contributed by atoms with van der Waals surface area (Å²) in [5.74, 6) is 0. The van der Waals surface area contributed by atoms with Crippen LogP contribution in [-0.4, -0.2) is 42.4 Å². The second kappa shape index (κ2) is 14.1. The molecule has 0 amide bonds. The summed E-state index contributed by atoms with van der Waals surface area (Å²) in [5, 5.41) is 3.35. The fraction of sp³-hybridized carbons (Fsp3) is 1.00. The zero-order valence-electron chi connectivity index (χ0n) is 11.7. The third kappa shape index (κ3) is 12.3. The lowest BCUT2D eigenvalue weighted by molar-refractivity contribution is 0.107. The summed E-state index contributed by atoms with van der Waals surface area (Å²) in [6.07, 6.45) is 5.65. The summed E-state index contributed by atoms with van der Waals surface area (Å²) in [7, 11) is -1.73. The van der Waals surface area contributed by atoms with Crippen LogP contribution in [0.4, 0.5) is 0 Å². The van der Waals surface area contributed by atoms with Gasteiger partial charge in [0.15, 0.2) is 0 Å². The Bertz CT molecular complexity index is 116. The van der Waals surface area contributed by atoms with Crippen LogP contribution in [0, 0.1) is 0 Å². The van der Waals surface area contributed by atoms with Crippen molar-refractivity contribution < 1.29 is 13.3 Å². The highest BCUT2D eigenvalue weighted by atomic mass is 28.3. The molecule has 0 radical (unpaired) electrons. The van der Waals surface area contributed by atoms with Crippen LogP contribution in [0.15, 0.2) is 0 Å². The van der Waals surface area contributed by atoms with Gasteiger partial charge in [-0.1, -0.05) is 12.8 Å². The lowest BCUT2D eigenvalue weighted by Crippen LogP contribution is -2.27. The molecule has 0 aromatic heterocycles. The third-order valence-corrected chi connectivity index (χ3v) is 4.18. The van der Waals surface area contributed by atoms with Gasteiger partial charge in [-0.25, -0.2) is 0 Å². The molecule has 0 bridgehead atoms. The number of hydrogen-bond donors (Lipinski definition) is 1. The van der Waals surface area contributed by atoms with Gasteiger partial charge in [-0.05, 0) is 46.7 Å². The maximum absolute atomic E-state index is 5.22. The Morgan fingerprint density at radius 2 is 1.18 bits per heavy atom. The van der Waals surface area contributed by atoms with Crippen molar-refractivity contribution in [3.8, 4) is 0 Å². The Labute approximate surface area is 108 Å². The molecule has 0 atom stereocenters. The Hall–Kier alpha value is 0.0569. The van der Waals surface area contributed by atoms with E-state index in [2.05, 4.69) is 5.32 Å². The zero-order chi connectivity index (χ0) is 12.8. The van der Waals surface area contributed by atoms with Crippen molar-refractivity contribution in [3.05, 3.63) is 0 Å². The molecule has 1 fully saturated rings. The first-order valence-electron chi connectivity index (χ1n) is 6.90. The van der Waals surface area contributed by atoms with Crippen LogP contribution in [0.2, 0.25) is 0 Å². The Kier molecular flexibility index (Phi) is 14.2. The average molecular weight is 263 g/mol. The predicted octanol–water partition coefficient (Wildman–Crippen LogP) is 1.96. The molecule has 5 heteroatoms. The largest absolute Gasteiger partial charge is 0.484 e. The Morgan fingerprint density at radius 3 is 1.53 bits per heavy atom. The smallest absolute Gasteiger partial charge is 0.376 e. The Balaban J connectivity index is 0.000000318. The van der Waals surface area contributed by atoms with E-state index in [1.54, 1.807) is 0 Å². The average Bonchev–Trinajstić information content (AvgIpc) is 2.63. The molecule has 1 N–H and O–H groups in total. The first-order valence-corrected chi connectivity index (χ1v) is 8.32. The quantitative estimate of drug-likeness (QED) is 0.744. The molecule has 0 unspecified atom stereocenters. The first kappa shape index (κ1) is 17.1. The minimum absolute atomic E-state index is 0.677. The maximum atomic E-state index is 5.22. The van der Waals surface area contributed by atoms with Crippen LogP contribution in [0.5, 0.6) is 0 Å². The van der Waals surface area contributed by atoms with Gasteiger partial charge in [0.2, 0.25) is 0 Å². The van der Waals surface area contributed by atoms with Gasteiger partial charge in [0.05, 0.1) is 0 Å². The Morgan fingerprint density at radius 1 is 0.765 bits per heavy atom. The van der Waals surface area contributed by atoms with Crippen molar-refractivity contribution in [1.29, 1.82) is 0 Å². The molecule has 0 spiro atoms. The lowest BCUT2D eigenvalue weighted by Gasteiger charge is -2.12. The van der Waals surface area contributed by atoms with E-state index >= 15 is 0 Å². The SMILES string of the molecule is C1CCCNCC1.CCO[SiH](OCC)OCC. The van der Waals surface area contributed by atoms with E-state index in [0.717, 1.165) is 0 Å². The molecule has 0 aromatic carbocycles. The van der Waals surface area contributed by atoms with Gasteiger partial charge in [0.1, 0.15) is 0 Å². The van der Waals surface area contributed by atoms with E-state index in [0.29, 0.717) is 19.8 Å². The normalized spacial score (nSPS) is 16.2. The van der Waals surface area contributed by atoms with Crippen LogP contribution in [0.1, 0.15) is 46.5 Å². The van der Waals surface area contributed by atoms with Gasteiger partial charge < -0.3 is 18.6 Å². The highest BCUT2D eigenvalue weighted by Gasteiger charge is 2.11. The fourth-order valence-electron chi connectivity index (χ4n) is 1.53. The van der Waals surface area contributed by atoms with Crippen LogP contribution >= 0.6 is 0 Å². The van der Waals surface area contributed by atoms with Crippen molar-refractivity contribution in [2.75, 3.05) is 32.9 Å². The van der Waals surface area contributed by atoms with E-state index in [1.165, 1.54) is 38.8 Å². The monoisotopic (exact) mass is 263 g/mol. The molecular formula is C12H29NO3Si. The van der Waals surface area contributed by atoms with Gasteiger partial charge in [-0.15, -0.1) is 0 Å². The molecule has 0 aromatic rings. The van der Waals surface area contributed by atoms with E-state index in [-0.39, 0.29) is 0 Å². The predicted molar refractivity (Wildman–Crippen MR) is 73.4 cm³/mol. The number of rotatable bonds is 6. The molecule has 0 saturated carbocycles. The van der Waals surface area contributed by atoms with Crippen LogP contribution in [0.25, 0.3) is 0 Å². The molecule has 1 heterocycles. The third-order valence-electron chi connectivity index (χ3n) is 2.37. The van der Waals surface area contributed by atoms with Gasteiger partial charge in [0.25, 0.3) is 0 Å². The molecule has 0 aliphatic carbocycles. The highest BCUT2D eigenvalue weighted by Crippen LogP contribution is 2.00. The summed E-state index contributed by atoms with van der Waals surface area (Å²) < 4.78 is 15.7. The molecular weight excluding hydrogens is 234 g/mol. The van der Waals surface area contributed by atoms with E-state index in [9.17, 15) is 0 Å². The second-order valence-corrected chi connectivity index (χ2v) is 5.40. The summed E-state index contributed by atoms with van der Waals surface area (Å²) >= 11 is 0. The van der Waals surface area contributed by atoms with Gasteiger partial charge >= 0.3 is 9.53 Å². The highest BCUT2D eigenvalue weighted by molar-refractivity contribution is 6.36. The van der Waals surface area contributed by atoms with E-state index < -0.39 is 9.53 Å². The second-order valence-electron chi connectivity index (χ2n) is 3.82. The summed E-state index contributed by atoms with van der Waals surface area (Å²) in [6, 6.07) is 0. The van der Waals surface area contributed by atoms with Gasteiger partial charge in [-0.3, -0.25) is 0 Å². The van der Waals surface area contributed by atoms with Gasteiger partial charge in [0, 0.05) is 19.8 Å². The summed E-state index contributed by atoms with van der Waals surface area (Å²) in [5.41, 5.74) is 0. The minimum atomic E-state index is -1.73. The zero-order valence-corrected chi connectivity index (χ0v) is 12.8. The number of hydrogen-bond acceptors (Lipinski definition) is 4. The molecule has 104 valence electrons. The van der Waals surface area contributed by atoms with E-state index in [4.69, 9.17) is 13.3 Å². The van der Waals surface area contributed by atoms with Crippen LogP contribution in [0.3, 0.4) is 0 Å². The standard InChI is InChI=1S/C6H13N.C6H16O3Si/c1-2-4-6-7-5-3-1;1-4-7-10(8-5-2)9-6-3/h7H,1-6H2;10H,4-6H2,1-3H3. The van der Waals surface area contributed by atoms with Crippen LogP contribution in [-0.2, 0) is 13.3 Å². The van der Waals surface area contributed by atoms with Crippen molar-refractivity contribution in [1.82, 2.24) is 5.32 Å². The molecule has 1 aliphatic heterocycles. The topological polar surface area (TPSA) is 39.7 Å². The van der Waals surface area contributed by atoms with E-state index in [1.807, 2.05) is 20.8 Å². The summed E-state index contributed by atoms with van der Waals surface area (Å²) in [4.78, 5) is 0. The van der Waals surface area contributed by atoms with Crippen molar-refractivity contribution in [2.45, 2.75) is 46.5 Å². The lowest BCUT2D eigenvalue weighted by atomic mass is 10.2. The van der Waals surface area contributed by atoms with Crippen LogP contribution < -0.4 is 5.32 Å². The molecule has 1 saturated heterocycles. The molecule has 1 aliphatic rings. The summed E-state index contributed by atoms with van der Waals surface area (Å²) in [6.45, 7) is 10.4. The fourth-order valence-corrected chi connectivity index (χ4v) is 2.64. The van der Waals surface area contributed by atoms with Gasteiger partial charge in [-0.2, -0.15) is 0 Å². The molecule has 4 nitrogen and oxygen atoms in total. The number of nitrogens with one attached hydrogen (secondary N) is 1. The first-order chi connectivity index (χ1) is 8.35. The van der Waals surface area contributed by atoms with Crippen molar-refractivity contribution in [2.24, 2.45) is 0 Å². The molecule has 17 heavy (non-hydrogen) atoms.